The summed E-state index contributed by atoms with van der Waals surface area (Å²) in [6, 6.07) is 0. The van der Waals surface area contributed by atoms with Gasteiger partial charge in [-0.15, -0.1) is 0 Å². The van der Waals surface area contributed by atoms with E-state index >= 15 is 0 Å². The highest BCUT2D eigenvalue weighted by Gasteiger charge is 2.39. The van der Waals surface area contributed by atoms with Gasteiger partial charge < -0.3 is 24.8 Å². The molecule has 6 heteroatoms. The second-order valence-electron chi connectivity index (χ2n) is 10.2. The second-order valence-corrected chi connectivity index (χ2v) is 10.2. The van der Waals surface area contributed by atoms with Crippen LogP contribution in [0.4, 0.5) is 0 Å². The average Bonchev–Trinajstić information content (AvgIpc) is 3.30. The van der Waals surface area contributed by atoms with Gasteiger partial charge in [0.05, 0.1) is 18.1 Å². The van der Waals surface area contributed by atoms with Crippen molar-refractivity contribution in [2.45, 2.75) is 95.9 Å². The molecule has 1 saturated heterocycles. The average molecular weight is 501 g/mol. The first-order valence-electron chi connectivity index (χ1n) is 13.0. The van der Waals surface area contributed by atoms with Crippen molar-refractivity contribution in [3.8, 4) is 0 Å². The van der Waals surface area contributed by atoms with Crippen LogP contribution in [0.2, 0.25) is 0 Å². The molecule has 1 fully saturated rings. The van der Waals surface area contributed by atoms with Gasteiger partial charge in [0.25, 0.3) is 0 Å². The minimum Gasteiger partial charge on any atom is -0.459 e. The van der Waals surface area contributed by atoms with Gasteiger partial charge in [-0.05, 0) is 58.3 Å². The van der Waals surface area contributed by atoms with E-state index in [1.807, 2.05) is 32.1 Å². The Kier molecular flexibility index (Phi) is 12.6. The van der Waals surface area contributed by atoms with Crippen molar-refractivity contribution in [2.75, 3.05) is 0 Å². The monoisotopic (exact) mass is 500 g/mol. The van der Waals surface area contributed by atoms with Crippen LogP contribution in [0.15, 0.2) is 72.9 Å². The standard InChI is InChI=1S/C30H44O6/c1-20(2)11-10-12-21(3)19-23(5)29-28(33)27-18-17-24(35-27)14-7-9-16-26(32)25(31)15-8-6-13-22(4)30(34)36-29/h6,8-10,12-13,15-16,22-29,31-33H,1,3,7,11,14,17-19H2,2,4-5H3/b12-10+,13-6+,15-8+,16-9+/t22-,23+,24-,25+,26+,27-,28+,29+/m0/s1. The minimum atomic E-state index is -1.04. The van der Waals surface area contributed by atoms with E-state index in [0.29, 0.717) is 19.3 Å². The Morgan fingerprint density at radius 1 is 1.11 bits per heavy atom. The number of rotatable bonds is 6. The highest BCUT2D eigenvalue weighted by molar-refractivity contribution is 5.74. The van der Waals surface area contributed by atoms with Gasteiger partial charge in [-0.2, -0.15) is 0 Å². The lowest BCUT2D eigenvalue weighted by Crippen LogP contribution is -2.44. The first-order valence-corrected chi connectivity index (χ1v) is 13.0. The molecule has 36 heavy (non-hydrogen) atoms. The molecule has 0 aromatic rings. The highest BCUT2D eigenvalue weighted by Crippen LogP contribution is 2.31. The Morgan fingerprint density at radius 3 is 2.53 bits per heavy atom. The van der Waals surface area contributed by atoms with Crippen molar-refractivity contribution in [3.05, 3.63) is 72.9 Å². The number of allylic oxidation sites excluding steroid dienone is 7. The van der Waals surface area contributed by atoms with Crippen LogP contribution in [0.5, 0.6) is 0 Å². The van der Waals surface area contributed by atoms with Crippen LogP contribution in [0, 0.1) is 11.8 Å². The molecular weight excluding hydrogens is 456 g/mol. The molecule has 0 spiro atoms. The number of hydrogen-bond acceptors (Lipinski definition) is 6. The lowest BCUT2D eigenvalue weighted by atomic mass is 9.89. The normalized spacial score (nSPS) is 35.8. The van der Waals surface area contributed by atoms with Crippen LogP contribution < -0.4 is 0 Å². The smallest absolute Gasteiger partial charge is 0.312 e. The zero-order chi connectivity index (χ0) is 26.7. The first kappa shape index (κ1) is 30.0. The summed E-state index contributed by atoms with van der Waals surface area (Å²) in [5, 5.41) is 31.5. The Morgan fingerprint density at radius 2 is 1.81 bits per heavy atom. The molecule has 0 radical (unpaired) electrons. The summed E-state index contributed by atoms with van der Waals surface area (Å²) in [5.41, 5.74) is 1.95. The van der Waals surface area contributed by atoms with E-state index in [9.17, 15) is 20.1 Å². The number of aliphatic hydroxyl groups excluding tert-OH is 3. The van der Waals surface area contributed by atoms with Crippen molar-refractivity contribution < 1.29 is 29.6 Å². The maximum absolute atomic E-state index is 12.9. The maximum Gasteiger partial charge on any atom is 0.312 e. The van der Waals surface area contributed by atoms with Gasteiger partial charge in [-0.25, -0.2) is 0 Å². The van der Waals surface area contributed by atoms with E-state index in [1.165, 1.54) is 6.08 Å². The van der Waals surface area contributed by atoms with Gasteiger partial charge in [0.1, 0.15) is 24.4 Å². The second kappa shape index (κ2) is 15.1. The number of carbonyl (C=O) groups excluding carboxylic acids is 1. The third-order valence-corrected chi connectivity index (χ3v) is 6.60. The van der Waals surface area contributed by atoms with E-state index < -0.39 is 42.4 Å². The third kappa shape index (κ3) is 10.0. The summed E-state index contributed by atoms with van der Waals surface area (Å²) in [6.45, 7) is 13.7. The summed E-state index contributed by atoms with van der Waals surface area (Å²) in [6.07, 6.45) is 13.8. The molecule has 6 nitrogen and oxygen atoms in total. The lowest BCUT2D eigenvalue weighted by Gasteiger charge is -2.32. The molecule has 0 saturated carbocycles. The fourth-order valence-electron chi connectivity index (χ4n) is 4.43. The molecule has 8 atom stereocenters. The molecule has 0 aromatic carbocycles. The van der Waals surface area contributed by atoms with Crippen molar-refractivity contribution in [1.29, 1.82) is 0 Å². The lowest BCUT2D eigenvalue weighted by molar-refractivity contribution is -0.170. The number of cyclic esters (lactones) is 1. The molecule has 2 bridgehead atoms. The Balaban J connectivity index is 2.21. The Bertz CT molecular complexity index is 854. The van der Waals surface area contributed by atoms with Crippen molar-refractivity contribution >= 4 is 5.97 Å². The van der Waals surface area contributed by atoms with E-state index in [1.54, 1.807) is 31.2 Å². The number of ether oxygens (including phenoxy) is 2. The summed E-state index contributed by atoms with van der Waals surface area (Å²) in [7, 11) is 0. The summed E-state index contributed by atoms with van der Waals surface area (Å²) >= 11 is 0. The Labute approximate surface area is 216 Å². The SMILES string of the molecule is C=C(C)C/C=C/C(=C)C[C@@H](C)[C@H]1OC(=O)[C@@H](C)/C=C/C=C/[C@@H](O)[C@H](O)/C=C/CC[C@H]2CC[C@H](O2)[C@H]1O. The van der Waals surface area contributed by atoms with Crippen molar-refractivity contribution in [2.24, 2.45) is 11.8 Å². The quantitative estimate of drug-likeness (QED) is 0.277. The van der Waals surface area contributed by atoms with Gasteiger partial charge in [-0.3, -0.25) is 4.79 Å². The predicted octanol–water partition coefficient (Wildman–Crippen LogP) is 4.73. The highest BCUT2D eigenvalue weighted by atomic mass is 16.6. The van der Waals surface area contributed by atoms with Gasteiger partial charge in [0.15, 0.2) is 0 Å². The molecule has 2 aliphatic rings. The Hall–Kier alpha value is -2.25. The molecule has 2 rings (SSSR count). The molecule has 0 unspecified atom stereocenters. The topological polar surface area (TPSA) is 96.2 Å². The van der Waals surface area contributed by atoms with Crippen LogP contribution >= 0.6 is 0 Å². The van der Waals surface area contributed by atoms with Crippen LogP contribution in [0.3, 0.4) is 0 Å². The van der Waals surface area contributed by atoms with Gasteiger partial charge >= 0.3 is 5.97 Å². The molecule has 200 valence electrons. The summed E-state index contributed by atoms with van der Waals surface area (Å²) < 4.78 is 12.0. The predicted molar refractivity (Wildman–Crippen MR) is 143 cm³/mol. The van der Waals surface area contributed by atoms with E-state index in [0.717, 1.165) is 30.4 Å². The van der Waals surface area contributed by atoms with Crippen LogP contribution in [0.25, 0.3) is 0 Å². The van der Waals surface area contributed by atoms with Crippen molar-refractivity contribution in [3.63, 3.8) is 0 Å². The van der Waals surface area contributed by atoms with Crippen molar-refractivity contribution in [1.82, 2.24) is 0 Å². The fourth-order valence-corrected chi connectivity index (χ4v) is 4.43. The van der Waals surface area contributed by atoms with E-state index in [-0.39, 0.29) is 12.0 Å². The molecule has 0 aliphatic carbocycles. The van der Waals surface area contributed by atoms with Gasteiger partial charge in [0.2, 0.25) is 0 Å². The van der Waals surface area contributed by atoms with Crippen LogP contribution in [-0.4, -0.2) is 57.9 Å². The number of esters is 1. The molecule has 2 heterocycles. The van der Waals surface area contributed by atoms with Crippen LogP contribution in [-0.2, 0) is 14.3 Å². The molecular formula is C30H44O6. The van der Waals surface area contributed by atoms with Gasteiger partial charge in [0, 0.05) is 0 Å². The molecule has 3 N–H and O–H groups in total. The fraction of sp³-hybridized carbons (Fsp3) is 0.567. The molecule has 0 amide bonds. The molecule has 0 aromatic heterocycles. The molecule has 2 aliphatic heterocycles. The third-order valence-electron chi connectivity index (χ3n) is 6.60. The maximum atomic E-state index is 12.9. The number of carbonyl (C=O) groups is 1. The van der Waals surface area contributed by atoms with E-state index in [4.69, 9.17) is 9.47 Å². The largest absolute Gasteiger partial charge is 0.459 e. The zero-order valence-corrected chi connectivity index (χ0v) is 22.0. The van der Waals surface area contributed by atoms with E-state index in [2.05, 4.69) is 13.2 Å². The van der Waals surface area contributed by atoms with Gasteiger partial charge in [-0.1, -0.05) is 79.8 Å². The number of aliphatic hydroxyl groups is 3. The number of hydrogen-bond donors (Lipinski definition) is 3. The first-order chi connectivity index (χ1) is 17.1. The zero-order valence-electron chi connectivity index (χ0n) is 22.0. The summed E-state index contributed by atoms with van der Waals surface area (Å²) in [4.78, 5) is 12.9. The van der Waals surface area contributed by atoms with Crippen LogP contribution in [0.1, 0.15) is 59.3 Å². The number of fused-ring (bicyclic) bond motifs is 2. The minimum absolute atomic E-state index is 0.0244. The summed E-state index contributed by atoms with van der Waals surface area (Å²) in [5.74, 6) is -1.18.